The fourth-order valence-electron chi connectivity index (χ4n) is 1.18. The summed E-state index contributed by atoms with van der Waals surface area (Å²) in [5.41, 5.74) is 0.610. The van der Waals surface area contributed by atoms with Crippen molar-refractivity contribution >= 4 is 17.6 Å². The van der Waals surface area contributed by atoms with E-state index in [1.165, 1.54) is 13.0 Å². The van der Waals surface area contributed by atoms with Crippen molar-refractivity contribution in [3.05, 3.63) is 33.2 Å². The van der Waals surface area contributed by atoms with E-state index in [4.69, 9.17) is 16.7 Å². The van der Waals surface area contributed by atoms with Crippen LogP contribution in [-0.2, 0) is 0 Å². The number of nitrogens with zero attached hydrogens (tertiary/aromatic N) is 1. The monoisotopic (exact) mass is 201 g/mol. The Kier molecular flexibility index (Phi) is 2.43. The molecule has 4 nitrogen and oxygen atoms in total. The molecule has 1 aromatic heterocycles. The molecule has 1 rings (SSSR count). The number of carboxylic acid groups (broad SMARTS) is 1. The molecule has 0 aliphatic carbocycles. The van der Waals surface area contributed by atoms with Gasteiger partial charge >= 0.3 is 5.97 Å². The molecule has 0 unspecified atom stereocenters. The number of aromatic nitrogens is 1. The maximum Gasteiger partial charge on any atom is 0.342 e. The van der Waals surface area contributed by atoms with Crippen LogP contribution in [0.25, 0.3) is 0 Å². The Bertz CT molecular complexity index is 376. The molecular weight excluding hydrogens is 194 g/mol. The molecule has 0 amide bonds. The zero-order valence-electron chi connectivity index (χ0n) is 7.17. The van der Waals surface area contributed by atoms with Gasteiger partial charge in [-0.15, -0.1) is 0 Å². The summed E-state index contributed by atoms with van der Waals surface area (Å²) in [6, 6.07) is 1.34. The van der Waals surface area contributed by atoms with Crippen LogP contribution in [0, 0.1) is 19.1 Å². The van der Waals surface area contributed by atoms with Gasteiger partial charge in [0.15, 0.2) is 0 Å². The van der Waals surface area contributed by atoms with Crippen LogP contribution in [-0.4, -0.2) is 11.1 Å². The molecule has 70 valence electrons. The first-order valence-corrected chi connectivity index (χ1v) is 3.95. The Morgan fingerprint density at radius 2 is 2.15 bits per heavy atom. The molecule has 0 atom stereocenters. The van der Waals surface area contributed by atoms with Crippen molar-refractivity contribution in [3.63, 3.8) is 0 Å². The number of hydrogen-bond donors (Lipinski definition) is 1. The third-order valence-corrected chi connectivity index (χ3v) is 2.07. The van der Waals surface area contributed by atoms with Crippen molar-refractivity contribution in [2.24, 2.45) is 0 Å². The van der Waals surface area contributed by atoms with Crippen molar-refractivity contribution < 1.29 is 14.6 Å². The normalized spacial score (nSPS) is 10.1. The summed E-state index contributed by atoms with van der Waals surface area (Å²) in [5, 5.41) is 19.9. The molecule has 0 fully saturated rings. The standard InChI is InChI=1S/C8H8ClNO3/c1-4-3-6(9)10(13)5(2)7(4)8(11)12/h3H,1-2H3,(H,11,12). The highest BCUT2D eigenvalue weighted by Gasteiger charge is 2.20. The van der Waals surface area contributed by atoms with E-state index >= 15 is 0 Å². The van der Waals surface area contributed by atoms with E-state index in [0.717, 1.165) is 0 Å². The van der Waals surface area contributed by atoms with Crippen LogP contribution in [0.15, 0.2) is 6.07 Å². The Balaban J connectivity index is 3.53. The SMILES string of the molecule is Cc1cc(Cl)[n+]([O-])c(C)c1C(=O)O. The quantitative estimate of drug-likeness (QED) is 0.423. The number of rotatable bonds is 1. The lowest BCUT2D eigenvalue weighted by molar-refractivity contribution is -0.610. The van der Waals surface area contributed by atoms with Gasteiger partial charge in [0.2, 0.25) is 5.69 Å². The van der Waals surface area contributed by atoms with Crippen LogP contribution in [0.3, 0.4) is 0 Å². The summed E-state index contributed by atoms with van der Waals surface area (Å²) in [6.45, 7) is 3.03. The third kappa shape index (κ3) is 1.58. The Morgan fingerprint density at radius 1 is 1.62 bits per heavy atom. The zero-order valence-corrected chi connectivity index (χ0v) is 7.92. The maximum atomic E-state index is 11.2. The number of aromatic carboxylic acids is 1. The van der Waals surface area contributed by atoms with Gasteiger partial charge in [-0.1, -0.05) is 0 Å². The van der Waals surface area contributed by atoms with E-state index in [2.05, 4.69) is 0 Å². The van der Waals surface area contributed by atoms with Gasteiger partial charge in [0.05, 0.1) is 0 Å². The number of halogens is 1. The minimum absolute atomic E-state index is 0.0133. The lowest BCUT2D eigenvalue weighted by atomic mass is 10.1. The average Bonchev–Trinajstić information content (AvgIpc) is 1.99. The number of pyridine rings is 1. The van der Waals surface area contributed by atoms with Crippen LogP contribution < -0.4 is 4.73 Å². The van der Waals surface area contributed by atoms with Crippen molar-refractivity contribution in [1.82, 2.24) is 0 Å². The fourth-order valence-corrected chi connectivity index (χ4v) is 1.47. The van der Waals surface area contributed by atoms with E-state index in [-0.39, 0.29) is 16.4 Å². The summed E-state index contributed by atoms with van der Waals surface area (Å²) < 4.78 is 0.401. The highest BCUT2D eigenvalue weighted by molar-refractivity contribution is 6.28. The largest absolute Gasteiger partial charge is 0.617 e. The molecule has 13 heavy (non-hydrogen) atoms. The number of carboxylic acids is 1. The topological polar surface area (TPSA) is 64.2 Å². The molecule has 5 heteroatoms. The van der Waals surface area contributed by atoms with Crippen molar-refractivity contribution in [2.45, 2.75) is 13.8 Å². The minimum atomic E-state index is -1.11. The molecule has 1 heterocycles. The molecule has 0 radical (unpaired) electrons. The van der Waals surface area contributed by atoms with Crippen LogP contribution in [0.2, 0.25) is 5.15 Å². The first-order chi connectivity index (χ1) is 5.95. The molecule has 0 bridgehead atoms. The average molecular weight is 202 g/mol. The molecule has 0 saturated carbocycles. The highest BCUT2D eigenvalue weighted by atomic mass is 35.5. The second-order valence-electron chi connectivity index (χ2n) is 2.71. The summed E-state index contributed by atoms with van der Waals surface area (Å²) in [7, 11) is 0. The first kappa shape index (κ1) is 9.80. The Labute approximate surface area is 80.0 Å². The van der Waals surface area contributed by atoms with Gasteiger partial charge in [0, 0.05) is 13.0 Å². The van der Waals surface area contributed by atoms with E-state index in [9.17, 15) is 10.0 Å². The van der Waals surface area contributed by atoms with Crippen molar-refractivity contribution in [3.8, 4) is 0 Å². The molecule has 0 spiro atoms. The van der Waals surface area contributed by atoms with Gasteiger partial charge in [-0.05, 0) is 24.1 Å². The fraction of sp³-hybridized carbons (Fsp3) is 0.250. The zero-order chi connectivity index (χ0) is 10.2. The smallest absolute Gasteiger partial charge is 0.342 e. The van der Waals surface area contributed by atoms with E-state index < -0.39 is 5.97 Å². The predicted molar refractivity (Wildman–Crippen MR) is 46.8 cm³/mol. The molecule has 0 saturated heterocycles. The van der Waals surface area contributed by atoms with E-state index in [1.807, 2.05) is 0 Å². The second-order valence-corrected chi connectivity index (χ2v) is 3.10. The van der Waals surface area contributed by atoms with E-state index in [0.29, 0.717) is 10.3 Å². The van der Waals surface area contributed by atoms with Gasteiger partial charge in [-0.3, -0.25) is 0 Å². The van der Waals surface area contributed by atoms with Crippen LogP contribution in [0.4, 0.5) is 0 Å². The number of hydrogen-bond acceptors (Lipinski definition) is 2. The molecule has 0 aliphatic rings. The summed E-state index contributed by atoms with van der Waals surface area (Å²) in [5.74, 6) is -1.11. The Morgan fingerprint density at radius 3 is 2.62 bits per heavy atom. The second kappa shape index (κ2) is 3.22. The molecule has 1 N–H and O–H groups in total. The van der Waals surface area contributed by atoms with Crippen LogP contribution in [0.1, 0.15) is 21.6 Å². The molecular formula is C8H8ClNO3. The van der Waals surface area contributed by atoms with Gasteiger partial charge in [0.1, 0.15) is 5.56 Å². The van der Waals surface area contributed by atoms with Crippen LogP contribution >= 0.6 is 11.6 Å². The van der Waals surface area contributed by atoms with Crippen molar-refractivity contribution in [1.29, 1.82) is 0 Å². The van der Waals surface area contributed by atoms with Gasteiger partial charge in [0.25, 0.3) is 5.15 Å². The maximum absolute atomic E-state index is 11.2. The summed E-state index contributed by atoms with van der Waals surface area (Å²) in [4.78, 5) is 10.7. The van der Waals surface area contributed by atoms with Crippen LogP contribution in [0.5, 0.6) is 0 Å². The third-order valence-electron chi connectivity index (χ3n) is 1.80. The molecule has 0 aromatic carbocycles. The van der Waals surface area contributed by atoms with Gasteiger partial charge in [-0.2, -0.15) is 4.73 Å². The molecule has 1 aromatic rings. The molecule has 0 aliphatic heterocycles. The lowest BCUT2D eigenvalue weighted by Gasteiger charge is -2.07. The lowest BCUT2D eigenvalue weighted by Crippen LogP contribution is -2.34. The van der Waals surface area contributed by atoms with E-state index in [1.54, 1.807) is 6.92 Å². The van der Waals surface area contributed by atoms with Crippen molar-refractivity contribution in [2.75, 3.05) is 0 Å². The van der Waals surface area contributed by atoms with Gasteiger partial charge < -0.3 is 10.3 Å². The summed E-state index contributed by atoms with van der Waals surface area (Å²) in [6.07, 6.45) is 0. The van der Waals surface area contributed by atoms with Gasteiger partial charge in [-0.25, -0.2) is 4.79 Å². The Hall–Kier alpha value is -1.29. The summed E-state index contributed by atoms with van der Waals surface area (Å²) >= 11 is 5.55. The highest BCUT2D eigenvalue weighted by Crippen LogP contribution is 2.14. The predicted octanol–water partition coefficient (Wildman–Crippen LogP) is 1.29. The number of carbonyl (C=O) groups is 1. The minimum Gasteiger partial charge on any atom is -0.617 e. The number of aryl methyl sites for hydroxylation is 1. The first-order valence-electron chi connectivity index (χ1n) is 3.57.